The first-order chi connectivity index (χ1) is 32.2. The Kier molecular flexibility index (Phi) is 15.0. The molecule has 358 valence electrons. The van der Waals surface area contributed by atoms with Crippen molar-refractivity contribution in [3.63, 3.8) is 0 Å². The molecule has 2 aromatic carbocycles. The Bertz CT molecular complexity index is 2520. The molecule has 4 fully saturated rings. The van der Waals surface area contributed by atoms with Crippen LogP contribution in [0.4, 0.5) is 0 Å². The number of rotatable bonds is 18. The summed E-state index contributed by atoms with van der Waals surface area (Å²) in [5.74, 6) is 0.348. The molecule has 0 aliphatic heterocycles. The molecule has 4 N–H and O–H groups in total. The Morgan fingerprint density at radius 1 is 0.701 bits per heavy atom. The van der Waals surface area contributed by atoms with E-state index in [9.17, 15) is 29.4 Å². The highest BCUT2D eigenvalue weighted by atomic mass is 17.2. The summed E-state index contributed by atoms with van der Waals surface area (Å²) in [6.07, 6.45) is 5.86. The van der Waals surface area contributed by atoms with Crippen molar-refractivity contribution in [2.45, 2.75) is 87.5 Å². The molecule has 18 heteroatoms. The third-order valence-electron chi connectivity index (χ3n) is 13.1. The normalized spacial score (nSPS) is 25.9. The topological polar surface area (TPSA) is 232 Å². The lowest BCUT2D eigenvalue weighted by Gasteiger charge is -2.20. The highest BCUT2D eigenvalue weighted by molar-refractivity contribution is 5.94. The summed E-state index contributed by atoms with van der Waals surface area (Å²) < 4.78 is 32.9. The lowest BCUT2D eigenvalue weighted by atomic mass is 10.1. The maximum Gasteiger partial charge on any atom is 0.332 e. The van der Waals surface area contributed by atoms with Gasteiger partial charge in [-0.05, 0) is 75.6 Å². The molecule has 4 saturated carbocycles. The second kappa shape index (κ2) is 20.7. The Hall–Kier alpha value is -6.34. The summed E-state index contributed by atoms with van der Waals surface area (Å²) in [5.41, 5.74) is -0.0757. The van der Waals surface area contributed by atoms with Crippen molar-refractivity contribution in [2.24, 2.45) is 23.7 Å². The van der Waals surface area contributed by atoms with Crippen molar-refractivity contribution in [3.8, 4) is 23.0 Å². The molecule has 0 radical (unpaired) electrons. The number of nitrogens with one attached hydrogen (secondary N) is 2. The zero-order valence-electron chi connectivity index (χ0n) is 38.3. The molecule has 8 atom stereocenters. The fourth-order valence-electron chi connectivity index (χ4n) is 9.14. The summed E-state index contributed by atoms with van der Waals surface area (Å²) in [6.45, 7) is 7.64. The van der Waals surface area contributed by atoms with Crippen LogP contribution in [0.1, 0.15) is 69.0 Å². The number of aliphatic hydroxyl groups is 2. The highest BCUT2D eigenvalue weighted by Crippen LogP contribution is 2.47. The van der Waals surface area contributed by atoms with Crippen LogP contribution in [0.25, 0.3) is 21.8 Å². The van der Waals surface area contributed by atoms with Crippen LogP contribution in [0.3, 0.4) is 0 Å². The molecule has 0 spiro atoms. The number of esters is 2. The molecule has 4 aromatic rings. The Morgan fingerprint density at radius 3 is 1.60 bits per heavy atom. The molecule has 2 heterocycles. The van der Waals surface area contributed by atoms with E-state index in [1.807, 2.05) is 24.3 Å². The van der Waals surface area contributed by atoms with Crippen molar-refractivity contribution in [1.82, 2.24) is 20.6 Å². The largest absolute Gasteiger partial charge is 0.497 e. The highest BCUT2D eigenvalue weighted by Gasteiger charge is 2.62. The predicted molar refractivity (Wildman–Crippen MR) is 241 cm³/mol. The molecule has 18 nitrogen and oxygen atoms in total. The van der Waals surface area contributed by atoms with E-state index in [0.29, 0.717) is 90.1 Å². The van der Waals surface area contributed by atoms with E-state index in [0.717, 1.165) is 11.8 Å². The van der Waals surface area contributed by atoms with Crippen LogP contribution in [-0.4, -0.2) is 103 Å². The summed E-state index contributed by atoms with van der Waals surface area (Å²) in [5, 5.41) is 26.6. The van der Waals surface area contributed by atoms with Crippen LogP contribution in [-0.2, 0) is 45.0 Å². The molecule has 2 unspecified atom stereocenters. The van der Waals surface area contributed by atoms with Gasteiger partial charge in [-0.15, -0.1) is 13.2 Å². The van der Waals surface area contributed by atoms with E-state index in [4.69, 9.17) is 38.2 Å². The molecule has 2 aromatic heterocycles. The lowest BCUT2D eigenvalue weighted by Crippen LogP contribution is -2.47. The minimum absolute atomic E-state index is 0.0577. The lowest BCUT2D eigenvalue weighted by molar-refractivity contribution is -0.282. The molecule has 0 saturated heterocycles. The number of ether oxygens (including phenoxy) is 6. The first-order valence-corrected chi connectivity index (χ1v) is 22.1. The number of carbonyl (C=O) groups excluding carboxylic acids is 4. The third-order valence-corrected chi connectivity index (χ3v) is 13.1. The Labute approximate surface area is 387 Å². The second-order valence-corrected chi connectivity index (χ2v) is 17.2. The molecular weight excluding hydrogens is 869 g/mol. The molecule has 4 aliphatic rings. The number of hydrogen-bond donors (Lipinski definition) is 4. The quantitative estimate of drug-likeness (QED) is 0.0334. The molecule has 4 aliphatic carbocycles. The van der Waals surface area contributed by atoms with Gasteiger partial charge in [0, 0.05) is 58.7 Å². The van der Waals surface area contributed by atoms with Gasteiger partial charge < -0.3 is 49.3 Å². The first-order valence-electron chi connectivity index (χ1n) is 22.1. The van der Waals surface area contributed by atoms with Crippen molar-refractivity contribution in [2.75, 3.05) is 35.5 Å². The summed E-state index contributed by atoms with van der Waals surface area (Å²) >= 11 is 0. The molecule has 2 amide bonds. The zero-order valence-corrected chi connectivity index (χ0v) is 38.3. The Balaban J connectivity index is 0.000000199. The minimum Gasteiger partial charge on any atom is -0.497 e. The first kappa shape index (κ1) is 48.6. The monoisotopic (exact) mass is 926 g/mol. The smallest absolute Gasteiger partial charge is 0.332 e. The number of nitrogens with zero attached hydrogens (tertiary/aromatic N) is 2. The SMILES string of the molecule is C=C[C@H]1C[C@]1(NC(=O)[C@H]1CCC(Oc2cc(C(O)O)nc3cc(OC)ccc23)C1)C(=O)OC.C=C[C@H]1C[C@]1(NC(=O)[C@H]1CCC(Oc2cc(COOC)nc3cc(OC)ccc23)C1)C(=O)OC. The van der Waals surface area contributed by atoms with Crippen molar-refractivity contribution >= 4 is 45.6 Å². The third kappa shape index (κ3) is 10.5. The number of amides is 2. The van der Waals surface area contributed by atoms with Gasteiger partial charge in [0.2, 0.25) is 11.8 Å². The number of aromatic nitrogens is 2. The summed E-state index contributed by atoms with van der Waals surface area (Å²) in [4.78, 5) is 69.0. The molecule has 67 heavy (non-hydrogen) atoms. The van der Waals surface area contributed by atoms with Gasteiger partial charge in [0.05, 0.1) is 64.5 Å². The van der Waals surface area contributed by atoms with E-state index < -0.39 is 29.3 Å². The fourth-order valence-corrected chi connectivity index (χ4v) is 9.14. The number of benzene rings is 2. The number of methoxy groups -OCH3 is 4. The van der Waals surface area contributed by atoms with E-state index in [1.165, 1.54) is 34.5 Å². The number of pyridine rings is 2. The maximum atomic E-state index is 13.0. The van der Waals surface area contributed by atoms with E-state index in [-0.39, 0.29) is 60.0 Å². The van der Waals surface area contributed by atoms with Gasteiger partial charge in [-0.2, -0.15) is 0 Å². The molecule has 0 bridgehead atoms. The summed E-state index contributed by atoms with van der Waals surface area (Å²) in [6, 6.07) is 14.2. The van der Waals surface area contributed by atoms with E-state index in [2.05, 4.69) is 33.8 Å². The Morgan fingerprint density at radius 2 is 1.18 bits per heavy atom. The molecular formula is C49H58N4O14. The van der Waals surface area contributed by atoms with Gasteiger partial charge in [-0.1, -0.05) is 12.2 Å². The van der Waals surface area contributed by atoms with Crippen LogP contribution >= 0.6 is 0 Å². The van der Waals surface area contributed by atoms with Crippen molar-refractivity contribution < 1.29 is 67.6 Å². The average molecular weight is 927 g/mol. The van der Waals surface area contributed by atoms with Gasteiger partial charge in [0.15, 0.2) is 6.29 Å². The van der Waals surface area contributed by atoms with Gasteiger partial charge in [-0.25, -0.2) is 29.3 Å². The second-order valence-electron chi connectivity index (χ2n) is 17.2. The van der Waals surface area contributed by atoms with Crippen LogP contribution in [0.2, 0.25) is 0 Å². The van der Waals surface area contributed by atoms with Gasteiger partial charge in [0.1, 0.15) is 46.4 Å². The van der Waals surface area contributed by atoms with E-state index >= 15 is 0 Å². The van der Waals surface area contributed by atoms with Crippen LogP contribution in [0, 0.1) is 23.7 Å². The predicted octanol–water partition coefficient (Wildman–Crippen LogP) is 5.11. The van der Waals surface area contributed by atoms with Gasteiger partial charge >= 0.3 is 11.9 Å². The number of carbonyl (C=O) groups is 4. The minimum atomic E-state index is -1.75. The van der Waals surface area contributed by atoms with E-state index in [1.54, 1.807) is 37.5 Å². The number of aliphatic hydroxyl groups excluding tert-OH is 1. The van der Waals surface area contributed by atoms with Crippen LogP contribution in [0.5, 0.6) is 23.0 Å². The van der Waals surface area contributed by atoms with Crippen molar-refractivity contribution in [3.05, 3.63) is 85.2 Å². The average Bonchev–Trinajstić information content (AvgIpc) is 4.08. The van der Waals surface area contributed by atoms with Crippen LogP contribution < -0.4 is 29.6 Å². The zero-order chi connectivity index (χ0) is 48.0. The number of fused-ring (bicyclic) bond motifs is 2. The summed E-state index contributed by atoms with van der Waals surface area (Å²) in [7, 11) is 7.21. The number of hydrogen-bond acceptors (Lipinski definition) is 16. The molecule has 8 rings (SSSR count). The van der Waals surface area contributed by atoms with Crippen LogP contribution in [0.15, 0.2) is 73.8 Å². The van der Waals surface area contributed by atoms with Crippen molar-refractivity contribution in [1.29, 1.82) is 0 Å². The maximum absolute atomic E-state index is 13.0. The van der Waals surface area contributed by atoms with Gasteiger partial charge in [0.25, 0.3) is 0 Å². The standard InChI is InChI=1S/C25H30N2O7.C24H28N2O7/c1-5-16-13-25(16,24(29)31-3)27-23(28)15-6-7-19(10-15)34-22-11-17(14-33-32-4)26-21-12-18(30-2)8-9-20(21)22;1-4-14-12-24(14,23(30)32-3)26-21(27)13-5-6-16(9-13)33-20-11-19(22(28)29)25-18-10-15(31-2)7-8-17(18)20/h5,8-9,11-12,15-16,19H,1,6-7,10,13-14H2,2-4H3,(H,27,28);4,7-8,10-11,13-14,16,22,28-29H,1,5-6,9,12H2,2-3H3,(H,26,27)/t15-,16-,19?,25+;13-,14-,16?,24+/m00/s1. The fraction of sp³-hybridized carbons (Fsp3) is 0.469. The van der Waals surface area contributed by atoms with Gasteiger partial charge in [-0.3, -0.25) is 9.59 Å².